The lowest BCUT2D eigenvalue weighted by atomic mass is 10.1. The fraction of sp³-hybridized carbons (Fsp3) is 0.111. The van der Waals surface area contributed by atoms with Crippen LogP contribution in [0.2, 0.25) is 5.02 Å². The van der Waals surface area contributed by atoms with Gasteiger partial charge in [0, 0.05) is 5.56 Å². The number of esters is 1. The highest BCUT2D eigenvalue weighted by Crippen LogP contribution is 2.28. The van der Waals surface area contributed by atoms with Gasteiger partial charge in [-0.1, -0.05) is 16.8 Å². The lowest BCUT2D eigenvalue weighted by molar-refractivity contribution is -0.136. The molecule has 0 N–H and O–H groups in total. The highest BCUT2D eigenvalue weighted by molar-refractivity contribution is 6.33. The summed E-state index contributed by atoms with van der Waals surface area (Å²) in [6, 6.07) is 9.80. The SMILES string of the molecule is CC1=NOC(=O)C1=Cc1ccc(-c2ccc(Cl)c(C(=O)OCC#N)c2)o1. The van der Waals surface area contributed by atoms with Crippen molar-refractivity contribution in [2.75, 3.05) is 6.61 Å². The van der Waals surface area contributed by atoms with E-state index in [-0.39, 0.29) is 17.2 Å². The van der Waals surface area contributed by atoms with E-state index in [2.05, 4.69) is 9.99 Å². The Morgan fingerprint density at radius 2 is 2.19 bits per heavy atom. The van der Waals surface area contributed by atoms with Crippen LogP contribution < -0.4 is 0 Å². The zero-order chi connectivity index (χ0) is 18.7. The molecule has 2 heterocycles. The summed E-state index contributed by atoms with van der Waals surface area (Å²) in [5, 5.41) is 12.3. The van der Waals surface area contributed by atoms with Crippen molar-refractivity contribution in [3.05, 3.63) is 52.3 Å². The van der Waals surface area contributed by atoms with E-state index in [0.29, 0.717) is 28.4 Å². The van der Waals surface area contributed by atoms with Crippen LogP contribution in [0.15, 0.2) is 45.5 Å². The van der Waals surface area contributed by atoms with E-state index in [1.807, 2.05) is 0 Å². The van der Waals surface area contributed by atoms with Crippen LogP contribution >= 0.6 is 11.6 Å². The largest absolute Gasteiger partial charge is 0.457 e. The molecule has 1 aromatic carbocycles. The number of halogens is 1. The summed E-state index contributed by atoms with van der Waals surface area (Å²) in [6.07, 6.45) is 1.52. The van der Waals surface area contributed by atoms with E-state index in [4.69, 9.17) is 26.0 Å². The van der Waals surface area contributed by atoms with E-state index in [0.717, 1.165) is 0 Å². The topological polar surface area (TPSA) is 102 Å². The van der Waals surface area contributed by atoms with Crippen LogP contribution in [0.5, 0.6) is 0 Å². The highest BCUT2D eigenvalue weighted by atomic mass is 35.5. The Kier molecular flexibility index (Phi) is 4.87. The number of nitriles is 1. The minimum absolute atomic E-state index is 0.123. The standard InChI is InChI=1S/C18H11ClN2O5/c1-10-13(18(23)26-21-10)9-12-3-5-16(25-12)11-2-4-15(19)14(8-11)17(22)24-7-6-20/h2-5,8-9H,7H2,1H3. The second-order valence-electron chi connectivity index (χ2n) is 5.24. The van der Waals surface area contributed by atoms with Gasteiger partial charge in [0.25, 0.3) is 0 Å². The maximum absolute atomic E-state index is 12.0. The Bertz CT molecular complexity index is 997. The van der Waals surface area contributed by atoms with Gasteiger partial charge < -0.3 is 14.0 Å². The van der Waals surface area contributed by atoms with Crippen molar-refractivity contribution >= 4 is 35.3 Å². The Morgan fingerprint density at radius 1 is 1.38 bits per heavy atom. The number of ether oxygens (including phenoxy) is 1. The Morgan fingerprint density at radius 3 is 2.88 bits per heavy atom. The number of carbonyl (C=O) groups excluding carboxylic acids is 2. The molecule has 26 heavy (non-hydrogen) atoms. The normalized spacial score (nSPS) is 14.7. The van der Waals surface area contributed by atoms with Gasteiger partial charge in [0.05, 0.1) is 21.9 Å². The summed E-state index contributed by atoms with van der Waals surface area (Å²) in [5.41, 5.74) is 1.48. The maximum Gasteiger partial charge on any atom is 0.367 e. The first-order chi connectivity index (χ1) is 12.5. The van der Waals surface area contributed by atoms with Crippen LogP contribution in [0, 0.1) is 11.3 Å². The molecule has 0 saturated heterocycles. The zero-order valence-electron chi connectivity index (χ0n) is 13.5. The molecule has 0 fully saturated rings. The average molecular weight is 371 g/mol. The first kappa shape index (κ1) is 17.5. The van der Waals surface area contributed by atoms with Crippen molar-refractivity contribution in [3.63, 3.8) is 0 Å². The number of hydrogen-bond acceptors (Lipinski definition) is 7. The molecular formula is C18H11ClN2O5. The molecule has 0 atom stereocenters. The summed E-state index contributed by atoms with van der Waals surface area (Å²) >= 11 is 6.02. The van der Waals surface area contributed by atoms with E-state index in [9.17, 15) is 9.59 Å². The molecule has 3 rings (SSSR count). The fourth-order valence-corrected chi connectivity index (χ4v) is 2.45. The van der Waals surface area contributed by atoms with Gasteiger partial charge in [-0.15, -0.1) is 0 Å². The minimum Gasteiger partial charge on any atom is -0.457 e. The quantitative estimate of drug-likeness (QED) is 0.463. The molecule has 2 aromatic rings. The van der Waals surface area contributed by atoms with Gasteiger partial charge in [-0.05, 0) is 43.3 Å². The molecule has 1 aromatic heterocycles. The number of hydrogen-bond donors (Lipinski definition) is 0. The molecule has 0 aliphatic carbocycles. The average Bonchev–Trinajstić information content (AvgIpc) is 3.22. The molecule has 7 nitrogen and oxygen atoms in total. The molecule has 8 heteroatoms. The van der Waals surface area contributed by atoms with Gasteiger partial charge >= 0.3 is 11.9 Å². The van der Waals surface area contributed by atoms with E-state index in [1.54, 1.807) is 31.2 Å². The smallest absolute Gasteiger partial charge is 0.367 e. The summed E-state index contributed by atoms with van der Waals surface area (Å²) in [5.74, 6) is -0.363. The van der Waals surface area contributed by atoms with Gasteiger partial charge in [-0.25, -0.2) is 9.59 Å². The van der Waals surface area contributed by atoms with Gasteiger partial charge in [0.15, 0.2) is 6.61 Å². The zero-order valence-corrected chi connectivity index (χ0v) is 14.2. The first-order valence-electron chi connectivity index (χ1n) is 7.41. The van der Waals surface area contributed by atoms with Crippen molar-refractivity contribution in [1.29, 1.82) is 5.26 Å². The van der Waals surface area contributed by atoms with Crippen LogP contribution in [0.4, 0.5) is 0 Å². The number of furan rings is 1. The summed E-state index contributed by atoms with van der Waals surface area (Å²) in [6.45, 7) is 1.29. The van der Waals surface area contributed by atoms with Crippen LogP contribution in [0.25, 0.3) is 17.4 Å². The van der Waals surface area contributed by atoms with Gasteiger partial charge in [-0.3, -0.25) is 0 Å². The monoisotopic (exact) mass is 370 g/mol. The minimum atomic E-state index is -0.701. The summed E-state index contributed by atoms with van der Waals surface area (Å²) in [4.78, 5) is 28.1. The molecule has 0 bridgehead atoms. The second-order valence-corrected chi connectivity index (χ2v) is 5.65. The molecule has 0 unspecified atom stereocenters. The lowest BCUT2D eigenvalue weighted by Gasteiger charge is -2.05. The Labute approximate surface area is 153 Å². The number of nitrogens with zero attached hydrogens (tertiary/aromatic N) is 2. The summed E-state index contributed by atoms with van der Waals surface area (Å²) < 4.78 is 10.5. The molecule has 130 valence electrons. The van der Waals surface area contributed by atoms with Gasteiger partial charge in [0.1, 0.15) is 17.6 Å². The molecular weight excluding hydrogens is 360 g/mol. The number of carbonyl (C=O) groups is 2. The lowest BCUT2D eigenvalue weighted by Crippen LogP contribution is -2.06. The number of rotatable bonds is 4. The van der Waals surface area contributed by atoms with Crippen molar-refractivity contribution < 1.29 is 23.6 Å². The van der Waals surface area contributed by atoms with Gasteiger partial charge in [-0.2, -0.15) is 5.26 Å². The van der Waals surface area contributed by atoms with Crippen LogP contribution in [-0.2, 0) is 14.4 Å². The summed E-state index contributed by atoms with van der Waals surface area (Å²) in [7, 11) is 0. The van der Waals surface area contributed by atoms with Crippen molar-refractivity contribution in [2.24, 2.45) is 5.16 Å². The Balaban J connectivity index is 1.89. The number of oxime groups is 1. The van der Waals surface area contributed by atoms with E-state index < -0.39 is 11.9 Å². The molecule has 0 radical (unpaired) electrons. The highest BCUT2D eigenvalue weighted by Gasteiger charge is 2.22. The first-order valence-corrected chi connectivity index (χ1v) is 7.79. The van der Waals surface area contributed by atoms with Crippen molar-refractivity contribution in [1.82, 2.24) is 0 Å². The molecule has 1 aliphatic rings. The third-order valence-electron chi connectivity index (χ3n) is 3.53. The maximum atomic E-state index is 12.0. The molecule has 1 aliphatic heterocycles. The van der Waals surface area contributed by atoms with Crippen LogP contribution in [0.3, 0.4) is 0 Å². The van der Waals surface area contributed by atoms with Crippen LogP contribution in [0.1, 0.15) is 23.0 Å². The molecule has 0 amide bonds. The van der Waals surface area contributed by atoms with Gasteiger partial charge in [0.2, 0.25) is 0 Å². The van der Waals surface area contributed by atoms with Crippen LogP contribution in [-0.4, -0.2) is 24.3 Å². The van der Waals surface area contributed by atoms with E-state index in [1.165, 1.54) is 18.2 Å². The van der Waals surface area contributed by atoms with Crippen molar-refractivity contribution in [2.45, 2.75) is 6.92 Å². The molecule has 0 saturated carbocycles. The number of benzene rings is 1. The Hall–Kier alpha value is -3.37. The third kappa shape index (κ3) is 3.50. The predicted octanol–water partition coefficient (Wildman–Crippen LogP) is 3.60. The fourth-order valence-electron chi connectivity index (χ4n) is 2.26. The van der Waals surface area contributed by atoms with Crippen molar-refractivity contribution in [3.8, 4) is 17.4 Å². The third-order valence-corrected chi connectivity index (χ3v) is 3.86. The predicted molar refractivity (Wildman–Crippen MR) is 92.2 cm³/mol. The molecule has 0 spiro atoms. The second kappa shape index (κ2) is 7.25. The van der Waals surface area contributed by atoms with E-state index >= 15 is 0 Å².